The van der Waals surface area contributed by atoms with Crippen LogP contribution >= 0.6 is 0 Å². The highest BCUT2D eigenvalue weighted by atomic mass is 16.6. The molecule has 1 saturated heterocycles. The molecule has 1 aromatic rings. The predicted molar refractivity (Wildman–Crippen MR) is 81.2 cm³/mol. The van der Waals surface area contributed by atoms with Crippen LogP contribution in [-0.4, -0.2) is 60.2 Å². The summed E-state index contributed by atoms with van der Waals surface area (Å²) in [5.41, 5.74) is 1.89. The molecule has 1 atom stereocenters. The summed E-state index contributed by atoms with van der Waals surface area (Å²) in [6.07, 6.45) is 0.116. The molecular formula is C16H21N3O2. The second kappa shape index (κ2) is 6.26. The van der Waals surface area contributed by atoms with Gasteiger partial charge in [-0.1, -0.05) is 42.4 Å². The van der Waals surface area contributed by atoms with Crippen LogP contribution in [0.4, 0.5) is 0 Å². The van der Waals surface area contributed by atoms with Crippen LogP contribution in [0.3, 0.4) is 0 Å². The summed E-state index contributed by atoms with van der Waals surface area (Å²) in [5.74, 6) is 0.0698. The second-order valence-corrected chi connectivity index (χ2v) is 5.46. The lowest BCUT2D eigenvalue weighted by Crippen LogP contribution is -2.51. The molecule has 21 heavy (non-hydrogen) atoms. The van der Waals surface area contributed by atoms with Crippen LogP contribution in [0.5, 0.6) is 0 Å². The Balaban J connectivity index is 1.57. The van der Waals surface area contributed by atoms with E-state index in [2.05, 4.69) is 17.0 Å². The Bertz CT molecular complexity index is 522. The van der Waals surface area contributed by atoms with Crippen molar-refractivity contribution in [2.75, 3.05) is 32.7 Å². The van der Waals surface area contributed by atoms with Gasteiger partial charge in [0.2, 0.25) is 6.10 Å². The monoisotopic (exact) mass is 287 g/mol. The molecule has 2 heterocycles. The van der Waals surface area contributed by atoms with Gasteiger partial charge in [-0.25, -0.2) is 0 Å². The number of rotatable bonds is 3. The Morgan fingerprint density at radius 3 is 2.62 bits per heavy atom. The van der Waals surface area contributed by atoms with E-state index in [1.165, 1.54) is 0 Å². The van der Waals surface area contributed by atoms with Crippen LogP contribution in [0, 0.1) is 0 Å². The van der Waals surface area contributed by atoms with Crippen molar-refractivity contribution in [3.63, 3.8) is 0 Å². The minimum Gasteiger partial charge on any atom is -0.382 e. The van der Waals surface area contributed by atoms with Gasteiger partial charge in [-0.05, 0) is 12.1 Å². The number of carbonyl (C=O) groups excluding carboxylic acids is 1. The lowest BCUT2D eigenvalue weighted by Gasteiger charge is -2.34. The predicted octanol–water partition coefficient (Wildman–Crippen LogP) is 1.34. The maximum absolute atomic E-state index is 12.5. The Labute approximate surface area is 125 Å². The Hall–Kier alpha value is -1.88. The van der Waals surface area contributed by atoms with Gasteiger partial charge in [-0.15, -0.1) is 0 Å². The first-order chi connectivity index (χ1) is 10.3. The quantitative estimate of drug-likeness (QED) is 0.843. The molecule has 5 heteroatoms. The second-order valence-electron chi connectivity index (χ2n) is 5.46. The largest absolute Gasteiger partial charge is 0.382 e. The highest BCUT2D eigenvalue weighted by Gasteiger charge is 2.33. The van der Waals surface area contributed by atoms with Crippen molar-refractivity contribution < 1.29 is 9.63 Å². The molecular weight excluding hydrogens is 266 g/mol. The molecule has 5 nitrogen and oxygen atoms in total. The number of likely N-dealkylation sites (N-methyl/N-ethyl adjacent to an activating group) is 1. The van der Waals surface area contributed by atoms with Gasteiger partial charge < -0.3 is 14.6 Å². The molecule has 2 aliphatic heterocycles. The van der Waals surface area contributed by atoms with Gasteiger partial charge in [0.15, 0.2) is 0 Å². The molecule has 1 unspecified atom stereocenters. The molecule has 2 aliphatic rings. The highest BCUT2D eigenvalue weighted by Crippen LogP contribution is 2.19. The van der Waals surface area contributed by atoms with E-state index in [4.69, 9.17) is 4.84 Å². The number of nitrogens with zero attached hydrogens (tertiary/aromatic N) is 3. The van der Waals surface area contributed by atoms with Crippen LogP contribution in [0.2, 0.25) is 0 Å². The summed E-state index contributed by atoms with van der Waals surface area (Å²) >= 11 is 0. The third-order valence-corrected chi connectivity index (χ3v) is 4.18. The van der Waals surface area contributed by atoms with Gasteiger partial charge in [0, 0.05) is 32.6 Å². The zero-order valence-corrected chi connectivity index (χ0v) is 12.4. The summed E-state index contributed by atoms with van der Waals surface area (Å²) in [5, 5.41) is 4.09. The minimum atomic E-state index is -0.451. The summed E-state index contributed by atoms with van der Waals surface area (Å²) in [4.78, 5) is 22.1. The van der Waals surface area contributed by atoms with Crippen LogP contribution in [0.15, 0.2) is 35.5 Å². The van der Waals surface area contributed by atoms with Crippen molar-refractivity contribution in [3.05, 3.63) is 35.9 Å². The lowest BCUT2D eigenvalue weighted by molar-refractivity contribution is -0.143. The molecule has 0 saturated carbocycles. The highest BCUT2D eigenvalue weighted by molar-refractivity contribution is 6.04. The molecule has 1 fully saturated rings. The molecule has 0 bridgehead atoms. The Kier molecular flexibility index (Phi) is 4.20. The maximum Gasteiger partial charge on any atom is 0.266 e. The van der Waals surface area contributed by atoms with Gasteiger partial charge in [-0.3, -0.25) is 4.79 Å². The number of benzene rings is 1. The van der Waals surface area contributed by atoms with E-state index in [-0.39, 0.29) is 5.91 Å². The maximum atomic E-state index is 12.5. The number of hydrogen-bond acceptors (Lipinski definition) is 4. The van der Waals surface area contributed by atoms with E-state index in [0.717, 1.165) is 44.0 Å². The van der Waals surface area contributed by atoms with Crippen LogP contribution in [0.1, 0.15) is 18.9 Å². The normalized spacial score (nSPS) is 22.8. The zero-order chi connectivity index (χ0) is 14.7. The zero-order valence-electron chi connectivity index (χ0n) is 12.4. The van der Waals surface area contributed by atoms with Gasteiger partial charge in [-0.2, -0.15) is 0 Å². The lowest BCUT2D eigenvalue weighted by atomic mass is 10.0. The molecule has 1 amide bonds. The van der Waals surface area contributed by atoms with Crippen LogP contribution in [-0.2, 0) is 9.63 Å². The Morgan fingerprint density at radius 1 is 1.24 bits per heavy atom. The van der Waals surface area contributed by atoms with Crippen molar-refractivity contribution in [3.8, 4) is 0 Å². The smallest absolute Gasteiger partial charge is 0.266 e. The fourth-order valence-electron chi connectivity index (χ4n) is 2.80. The van der Waals surface area contributed by atoms with Gasteiger partial charge >= 0.3 is 0 Å². The number of carbonyl (C=O) groups is 1. The fraction of sp³-hybridized carbons (Fsp3) is 0.500. The minimum absolute atomic E-state index is 0.0698. The summed E-state index contributed by atoms with van der Waals surface area (Å²) < 4.78 is 0. The fourth-order valence-corrected chi connectivity index (χ4v) is 2.80. The third-order valence-electron chi connectivity index (χ3n) is 4.18. The Morgan fingerprint density at radius 2 is 1.95 bits per heavy atom. The van der Waals surface area contributed by atoms with Crippen molar-refractivity contribution in [2.45, 2.75) is 19.4 Å². The van der Waals surface area contributed by atoms with Gasteiger partial charge in [0.05, 0.1) is 5.71 Å². The molecule has 3 rings (SSSR count). The van der Waals surface area contributed by atoms with E-state index in [9.17, 15) is 4.79 Å². The number of hydrogen-bond donors (Lipinski definition) is 0. The molecule has 0 radical (unpaired) electrons. The van der Waals surface area contributed by atoms with E-state index in [0.29, 0.717) is 6.42 Å². The summed E-state index contributed by atoms with van der Waals surface area (Å²) in [6, 6.07) is 9.90. The van der Waals surface area contributed by atoms with E-state index < -0.39 is 6.10 Å². The molecule has 112 valence electrons. The van der Waals surface area contributed by atoms with Crippen LogP contribution < -0.4 is 0 Å². The van der Waals surface area contributed by atoms with E-state index >= 15 is 0 Å². The standard InChI is InChI=1S/C16H21N3O2/c1-2-18-8-10-19(11-9-18)16(20)15-12-14(17-21-15)13-6-4-3-5-7-13/h3-7,15H,2,8-12H2,1H3. The van der Waals surface area contributed by atoms with Gasteiger partial charge in [0.1, 0.15) is 0 Å². The first-order valence-corrected chi connectivity index (χ1v) is 7.57. The first-order valence-electron chi connectivity index (χ1n) is 7.57. The van der Waals surface area contributed by atoms with Crippen molar-refractivity contribution in [1.29, 1.82) is 0 Å². The summed E-state index contributed by atoms with van der Waals surface area (Å²) in [7, 11) is 0. The average molecular weight is 287 g/mol. The van der Waals surface area contributed by atoms with Gasteiger partial charge in [0.25, 0.3) is 5.91 Å². The number of piperazine rings is 1. The number of oxime groups is 1. The van der Waals surface area contributed by atoms with E-state index in [1.54, 1.807) is 0 Å². The average Bonchev–Trinajstić information content (AvgIpc) is 3.05. The van der Waals surface area contributed by atoms with E-state index in [1.807, 2.05) is 35.2 Å². The third kappa shape index (κ3) is 3.08. The molecule has 0 spiro atoms. The molecule has 0 aromatic heterocycles. The van der Waals surface area contributed by atoms with Crippen LogP contribution in [0.25, 0.3) is 0 Å². The molecule has 0 N–H and O–H groups in total. The summed E-state index contributed by atoms with van der Waals surface area (Å²) in [6.45, 7) is 6.66. The van der Waals surface area contributed by atoms with Crippen molar-refractivity contribution in [2.24, 2.45) is 5.16 Å². The van der Waals surface area contributed by atoms with Crippen molar-refractivity contribution >= 4 is 11.6 Å². The molecule has 0 aliphatic carbocycles. The van der Waals surface area contributed by atoms with Crippen molar-refractivity contribution in [1.82, 2.24) is 9.80 Å². The first kappa shape index (κ1) is 14.1. The topological polar surface area (TPSA) is 45.1 Å². The SMILES string of the molecule is CCN1CCN(C(=O)C2CC(c3ccccc3)=NO2)CC1. The molecule has 1 aromatic carbocycles. The number of amides is 1.